The molecule has 0 amide bonds. The Morgan fingerprint density at radius 1 is 0.311 bits per heavy atom. The van der Waals surface area contributed by atoms with Crippen LogP contribution in [0, 0.1) is 5.92 Å². The Labute approximate surface area is 380 Å². The van der Waals surface area contributed by atoms with Gasteiger partial charge in [-0.3, -0.25) is 14.4 Å². The lowest BCUT2D eigenvalue weighted by molar-refractivity contribution is -0.167. The van der Waals surface area contributed by atoms with Crippen molar-refractivity contribution < 1.29 is 28.6 Å². The fraction of sp³-hybridized carbons (Fsp3) is 0.945. The van der Waals surface area contributed by atoms with Gasteiger partial charge in [0.1, 0.15) is 13.2 Å². The zero-order valence-electron chi connectivity index (χ0n) is 41.6. The quantitative estimate of drug-likeness (QED) is 0.0344. The van der Waals surface area contributed by atoms with E-state index in [4.69, 9.17) is 14.2 Å². The standard InChI is InChI=1S/C55H106O6/c1-5-7-9-11-13-15-16-17-20-24-27-31-34-38-42-46-53(56)59-49-52(61-55(58)48-44-40-36-29-14-12-10-8-6-2)50-60-54(57)47-43-39-35-32-28-25-22-19-18-21-23-26-30-33-37-41-45-51(3)4/h51-52H,5-50H2,1-4H3/t52-/m0/s1. The predicted molar refractivity (Wildman–Crippen MR) is 261 cm³/mol. The van der Waals surface area contributed by atoms with Gasteiger partial charge in [0.2, 0.25) is 0 Å². The fourth-order valence-corrected chi connectivity index (χ4v) is 8.39. The van der Waals surface area contributed by atoms with E-state index in [1.807, 2.05) is 0 Å². The number of carbonyl (C=O) groups excluding carboxylic acids is 3. The number of hydrogen-bond donors (Lipinski definition) is 0. The van der Waals surface area contributed by atoms with E-state index >= 15 is 0 Å². The van der Waals surface area contributed by atoms with Crippen LogP contribution in [0.25, 0.3) is 0 Å². The Kier molecular flexibility index (Phi) is 48.1. The number of unbranched alkanes of at least 4 members (excludes halogenated alkanes) is 37. The van der Waals surface area contributed by atoms with Gasteiger partial charge in [-0.05, 0) is 25.2 Å². The topological polar surface area (TPSA) is 78.9 Å². The van der Waals surface area contributed by atoms with Gasteiger partial charge in [0.25, 0.3) is 0 Å². The minimum absolute atomic E-state index is 0.0625. The third kappa shape index (κ3) is 49.3. The first-order valence-corrected chi connectivity index (χ1v) is 27.4. The van der Waals surface area contributed by atoms with Crippen molar-refractivity contribution in [2.24, 2.45) is 5.92 Å². The van der Waals surface area contributed by atoms with Crippen LogP contribution >= 0.6 is 0 Å². The molecule has 0 heterocycles. The van der Waals surface area contributed by atoms with E-state index < -0.39 is 6.10 Å². The highest BCUT2D eigenvalue weighted by Crippen LogP contribution is 2.17. The molecule has 0 N–H and O–H groups in total. The molecule has 0 unspecified atom stereocenters. The monoisotopic (exact) mass is 863 g/mol. The van der Waals surface area contributed by atoms with E-state index in [9.17, 15) is 14.4 Å². The van der Waals surface area contributed by atoms with Crippen molar-refractivity contribution in [3.63, 3.8) is 0 Å². The molecule has 0 radical (unpaired) electrons. The summed E-state index contributed by atoms with van der Waals surface area (Å²) < 4.78 is 16.8. The Bertz CT molecular complexity index is 918. The van der Waals surface area contributed by atoms with Crippen LogP contribution in [0.3, 0.4) is 0 Å². The van der Waals surface area contributed by atoms with Gasteiger partial charge in [0.05, 0.1) is 0 Å². The van der Waals surface area contributed by atoms with E-state index in [0.29, 0.717) is 19.3 Å². The van der Waals surface area contributed by atoms with Gasteiger partial charge in [-0.2, -0.15) is 0 Å². The maximum Gasteiger partial charge on any atom is 0.306 e. The van der Waals surface area contributed by atoms with Gasteiger partial charge >= 0.3 is 17.9 Å². The van der Waals surface area contributed by atoms with Crippen LogP contribution in [-0.2, 0) is 28.6 Å². The molecule has 0 bridgehead atoms. The number of rotatable bonds is 50. The lowest BCUT2D eigenvalue weighted by atomic mass is 10.0. The molecule has 0 aliphatic rings. The van der Waals surface area contributed by atoms with Crippen LogP contribution in [-0.4, -0.2) is 37.2 Å². The SMILES string of the molecule is CCCCCCCCCCCCCCCCCC(=O)OC[C@@H](COC(=O)CCCCCCCCCCCCCCCCCCC(C)C)OC(=O)CCCCCCCCCCC. The normalized spacial score (nSPS) is 12.0. The summed E-state index contributed by atoms with van der Waals surface area (Å²) in [4.78, 5) is 37.9. The molecule has 0 aromatic heterocycles. The molecule has 6 heteroatoms. The molecule has 0 aromatic carbocycles. The fourth-order valence-electron chi connectivity index (χ4n) is 8.39. The summed E-state index contributed by atoms with van der Waals surface area (Å²) in [6.45, 7) is 9.04. The molecule has 362 valence electrons. The molecule has 0 aromatic rings. The van der Waals surface area contributed by atoms with E-state index in [0.717, 1.165) is 63.7 Å². The lowest BCUT2D eigenvalue weighted by Gasteiger charge is -2.18. The van der Waals surface area contributed by atoms with Gasteiger partial charge < -0.3 is 14.2 Å². The van der Waals surface area contributed by atoms with Crippen molar-refractivity contribution in [3.05, 3.63) is 0 Å². The van der Waals surface area contributed by atoms with Crippen LogP contribution in [0.15, 0.2) is 0 Å². The van der Waals surface area contributed by atoms with Crippen molar-refractivity contribution in [2.75, 3.05) is 13.2 Å². The predicted octanol–water partition coefficient (Wildman–Crippen LogP) is 17.8. The van der Waals surface area contributed by atoms with Gasteiger partial charge in [-0.25, -0.2) is 0 Å². The minimum atomic E-state index is -0.760. The van der Waals surface area contributed by atoms with Crippen molar-refractivity contribution in [1.82, 2.24) is 0 Å². The number of carbonyl (C=O) groups is 3. The molecule has 0 fully saturated rings. The molecule has 61 heavy (non-hydrogen) atoms. The number of ether oxygens (including phenoxy) is 3. The molecular weight excluding hydrogens is 757 g/mol. The molecule has 0 aliphatic carbocycles. The van der Waals surface area contributed by atoms with Crippen LogP contribution in [0.1, 0.15) is 310 Å². The summed E-state index contributed by atoms with van der Waals surface area (Å²) >= 11 is 0. The molecular formula is C55H106O6. The van der Waals surface area contributed by atoms with E-state index in [1.54, 1.807) is 0 Å². The second-order valence-corrected chi connectivity index (χ2v) is 19.3. The van der Waals surface area contributed by atoms with E-state index in [2.05, 4.69) is 27.7 Å². The van der Waals surface area contributed by atoms with Crippen LogP contribution < -0.4 is 0 Å². The summed E-state index contributed by atoms with van der Waals surface area (Å²) in [5.41, 5.74) is 0. The summed E-state index contributed by atoms with van der Waals surface area (Å²) in [5.74, 6) is 0.0102. The van der Waals surface area contributed by atoms with E-state index in [-0.39, 0.29) is 31.1 Å². The molecule has 1 atom stereocenters. The highest BCUT2D eigenvalue weighted by atomic mass is 16.6. The van der Waals surface area contributed by atoms with Crippen molar-refractivity contribution in [3.8, 4) is 0 Å². The molecule has 0 aliphatic heterocycles. The highest BCUT2D eigenvalue weighted by molar-refractivity contribution is 5.71. The summed E-state index contributed by atoms with van der Waals surface area (Å²) in [6, 6.07) is 0. The van der Waals surface area contributed by atoms with Crippen molar-refractivity contribution >= 4 is 17.9 Å². The average molecular weight is 863 g/mol. The molecule has 6 nitrogen and oxygen atoms in total. The van der Waals surface area contributed by atoms with Gasteiger partial charge in [-0.15, -0.1) is 0 Å². The first-order chi connectivity index (χ1) is 29.9. The van der Waals surface area contributed by atoms with Gasteiger partial charge in [0.15, 0.2) is 6.10 Å². The molecule has 0 spiro atoms. The maximum absolute atomic E-state index is 12.7. The molecule has 0 rings (SSSR count). The van der Waals surface area contributed by atoms with E-state index in [1.165, 1.54) is 205 Å². The largest absolute Gasteiger partial charge is 0.462 e. The Balaban J connectivity index is 4.19. The maximum atomic E-state index is 12.7. The third-order valence-electron chi connectivity index (χ3n) is 12.5. The van der Waals surface area contributed by atoms with Crippen molar-refractivity contribution in [2.45, 2.75) is 316 Å². The van der Waals surface area contributed by atoms with Crippen LogP contribution in [0.4, 0.5) is 0 Å². The Hall–Kier alpha value is -1.59. The highest BCUT2D eigenvalue weighted by Gasteiger charge is 2.19. The van der Waals surface area contributed by atoms with Crippen molar-refractivity contribution in [1.29, 1.82) is 0 Å². The Morgan fingerprint density at radius 2 is 0.541 bits per heavy atom. The summed E-state index contributed by atoms with van der Waals surface area (Å²) in [7, 11) is 0. The number of esters is 3. The van der Waals surface area contributed by atoms with Gasteiger partial charge in [-0.1, -0.05) is 272 Å². The lowest BCUT2D eigenvalue weighted by Crippen LogP contribution is -2.30. The second kappa shape index (κ2) is 49.4. The third-order valence-corrected chi connectivity index (χ3v) is 12.5. The summed E-state index contributed by atoms with van der Waals surface area (Å²) in [5, 5.41) is 0. The molecule has 0 saturated heterocycles. The first-order valence-electron chi connectivity index (χ1n) is 27.4. The zero-order chi connectivity index (χ0) is 44.5. The average Bonchev–Trinajstić information content (AvgIpc) is 3.24. The second-order valence-electron chi connectivity index (χ2n) is 19.3. The molecule has 0 saturated carbocycles. The zero-order valence-corrected chi connectivity index (χ0v) is 41.6. The van der Waals surface area contributed by atoms with Crippen LogP contribution in [0.2, 0.25) is 0 Å². The number of hydrogen-bond acceptors (Lipinski definition) is 6. The summed E-state index contributed by atoms with van der Waals surface area (Å²) in [6.07, 6.45) is 52.4. The van der Waals surface area contributed by atoms with Gasteiger partial charge in [0, 0.05) is 19.3 Å². The Morgan fingerprint density at radius 3 is 0.803 bits per heavy atom. The smallest absolute Gasteiger partial charge is 0.306 e. The van der Waals surface area contributed by atoms with Crippen LogP contribution in [0.5, 0.6) is 0 Å². The first kappa shape index (κ1) is 59.4. The minimum Gasteiger partial charge on any atom is -0.462 e.